The highest BCUT2D eigenvalue weighted by Gasteiger charge is 2.34. The molecule has 180 valence electrons. The van der Waals surface area contributed by atoms with Crippen LogP contribution in [0.4, 0.5) is 4.79 Å². The van der Waals surface area contributed by atoms with E-state index in [1.54, 1.807) is 7.11 Å². The summed E-state index contributed by atoms with van der Waals surface area (Å²) in [6, 6.07) is 7.38. The number of aromatic amines is 1. The molecule has 0 radical (unpaired) electrons. The number of benzene rings is 1. The number of nitrogens with one attached hydrogen (secondary N) is 3. The van der Waals surface area contributed by atoms with Gasteiger partial charge in [-0.2, -0.15) is 0 Å². The van der Waals surface area contributed by atoms with E-state index in [0.717, 1.165) is 34.0 Å². The zero-order chi connectivity index (χ0) is 23.8. The number of allylic oxidation sites excluding steroid dienone is 1. The Morgan fingerprint density at radius 3 is 2.74 bits per heavy atom. The summed E-state index contributed by atoms with van der Waals surface area (Å²) in [5.74, 6) is 1.95. The predicted molar refractivity (Wildman–Crippen MR) is 126 cm³/mol. The normalized spacial score (nSPS) is 21.6. The maximum Gasteiger partial charge on any atom is 0.407 e. The van der Waals surface area contributed by atoms with E-state index in [9.17, 15) is 14.7 Å². The van der Waals surface area contributed by atoms with Gasteiger partial charge in [-0.15, -0.1) is 0 Å². The highest BCUT2D eigenvalue weighted by Crippen LogP contribution is 2.41. The summed E-state index contributed by atoms with van der Waals surface area (Å²) in [6.45, 7) is 3.30. The lowest BCUT2D eigenvalue weighted by atomic mass is 9.90. The molecule has 1 unspecified atom stereocenters. The first-order chi connectivity index (χ1) is 16.4. The first kappa shape index (κ1) is 22.2. The maximum atomic E-state index is 13.3. The fourth-order valence-corrected chi connectivity index (χ4v) is 4.73. The molecule has 1 aromatic carbocycles. The molecule has 2 aliphatic heterocycles. The van der Waals surface area contributed by atoms with Crippen LogP contribution in [-0.4, -0.2) is 59.8 Å². The SMILES string of the molecule is COc1ccc(OCC2CC2)c(C2NC(C)=C(C(=O)N[C@@H]3CCN(C(=O)O)C3)c3[nH]ccc32)c1. The number of hydrogen-bond acceptors (Lipinski definition) is 5. The van der Waals surface area contributed by atoms with Gasteiger partial charge in [-0.25, -0.2) is 4.79 Å². The quantitative estimate of drug-likeness (QED) is 0.498. The van der Waals surface area contributed by atoms with Gasteiger partial charge in [-0.3, -0.25) is 4.79 Å². The van der Waals surface area contributed by atoms with Crippen molar-refractivity contribution in [2.45, 2.75) is 38.3 Å². The second-order valence-corrected chi connectivity index (χ2v) is 9.23. The smallest absolute Gasteiger partial charge is 0.407 e. The number of carbonyl (C=O) groups is 2. The molecule has 1 aromatic heterocycles. The molecule has 3 heterocycles. The topological polar surface area (TPSA) is 116 Å². The first-order valence-electron chi connectivity index (χ1n) is 11.7. The summed E-state index contributed by atoms with van der Waals surface area (Å²) in [6.07, 6.45) is 3.89. The zero-order valence-corrected chi connectivity index (χ0v) is 19.4. The van der Waals surface area contributed by atoms with Crippen LogP contribution in [0.25, 0.3) is 5.57 Å². The van der Waals surface area contributed by atoms with Crippen molar-refractivity contribution in [1.29, 1.82) is 0 Å². The Bertz CT molecular complexity index is 1140. The Labute approximate surface area is 198 Å². The van der Waals surface area contributed by atoms with Gasteiger partial charge in [0.25, 0.3) is 5.91 Å². The summed E-state index contributed by atoms with van der Waals surface area (Å²) in [5.41, 5.74) is 3.92. The molecule has 2 fully saturated rings. The van der Waals surface area contributed by atoms with Crippen LogP contribution in [0.5, 0.6) is 11.5 Å². The largest absolute Gasteiger partial charge is 0.497 e. The van der Waals surface area contributed by atoms with Crippen molar-refractivity contribution in [2.24, 2.45) is 5.92 Å². The summed E-state index contributed by atoms with van der Waals surface area (Å²) < 4.78 is 11.7. The Kier molecular flexibility index (Phi) is 5.85. The lowest BCUT2D eigenvalue weighted by molar-refractivity contribution is -0.116. The van der Waals surface area contributed by atoms with Crippen LogP contribution >= 0.6 is 0 Å². The van der Waals surface area contributed by atoms with E-state index < -0.39 is 6.09 Å². The molecule has 2 atom stereocenters. The third-order valence-corrected chi connectivity index (χ3v) is 6.80. The van der Waals surface area contributed by atoms with Crippen LogP contribution < -0.4 is 20.1 Å². The van der Waals surface area contributed by atoms with Gasteiger partial charge in [-0.1, -0.05) is 0 Å². The number of likely N-dealkylation sites (tertiary alicyclic amines) is 1. The van der Waals surface area contributed by atoms with E-state index in [-0.39, 0.29) is 18.0 Å². The Balaban J connectivity index is 1.41. The molecule has 0 spiro atoms. The summed E-state index contributed by atoms with van der Waals surface area (Å²) in [4.78, 5) is 29.0. The van der Waals surface area contributed by atoms with Crippen LogP contribution in [0.15, 0.2) is 36.2 Å². The van der Waals surface area contributed by atoms with Crippen molar-refractivity contribution < 1.29 is 24.2 Å². The molecule has 1 saturated carbocycles. The summed E-state index contributed by atoms with van der Waals surface area (Å²) in [7, 11) is 1.64. The van der Waals surface area contributed by atoms with E-state index >= 15 is 0 Å². The highest BCUT2D eigenvalue weighted by molar-refractivity contribution is 6.20. The van der Waals surface area contributed by atoms with Crippen molar-refractivity contribution in [2.75, 3.05) is 26.8 Å². The van der Waals surface area contributed by atoms with Crippen LogP contribution in [0, 0.1) is 5.92 Å². The van der Waals surface area contributed by atoms with Gasteiger partial charge < -0.3 is 35.1 Å². The fraction of sp³-hybridized carbons (Fsp3) is 0.440. The molecule has 3 aliphatic rings. The monoisotopic (exact) mass is 466 g/mol. The molecule has 2 aromatic rings. The van der Waals surface area contributed by atoms with Crippen LogP contribution in [0.1, 0.15) is 49.0 Å². The van der Waals surface area contributed by atoms with Gasteiger partial charge in [0.2, 0.25) is 0 Å². The maximum absolute atomic E-state index is 13.3. The van der Waals surface area contributed by atoms with Crippen LogP contribution in [-0.2, 0) is 4.79 Å². The van der Waals surface area contributed by atoms with E-state index in [1.807, 2.05) is 37.4 Å². The summed E-state index contributed by atoms with van der Waals surface area (Å²) in [5, 5.41) is 15.7. The number of carboxylic acid groups (broad SMARTS) is 1. The number of amides is 2. The molecule has 2 amide bonds. The Morgan fingerprint density at radius 2 is 2.03 bits per heavy atom. The number of H-pyrrole nitrogens is 1. The standard InChI is InChI=1S/C25H30N4O5/c1-14-21(24(30)28-16-8-10-29(12-16)25(31)32)23-18(7-9-26-23)22(27-14)19-11-17(33-2)5-6-20(19)34-13-15-3-4-15/h5-7,9,11,15-16,22,26-27H,3-4,8,10,12-13H2,1-2H3,(H,28,30)(H,31,32)/t16-,22?/m1/s1. The molecule has 34 heavy (non-hydrogen) atoms. The molecule has 5 rings (SSSR count). The van der Waals surface area contributed by atoms with Gasteiger partial charge in [0.1, 0.15) is 11.5 Å². The fourth-order valence-electron chi connectivity index (χ4n) is 4.73. The number of nitrogens with zero attached hydrogens (tertiary/aromatic N) is 1. The van der Waals surface area contributed by atoms with Crippen molar-refractivity contribution in [1.82, 2.24) is 20.5 Å². The first-order valence-corrected chi connectivity index (χ1v) is 11.7. The molecule has 4 N–H and O–H groups in total. The molecule has 0 bridgehead atoms. The molecule has 9 heteroatoms. The van der Waals surface area contributed by atoms with E-state index in [4.69, 9.17) is 9.47 Å². The zero-order valence-electron chi connectivity index (χ0n) is 19.4. The van der Waals surface area contributed by atoms with Crippen molar-refractivity contribution in [3.05, 3.63) is 53.0 Å². The average molecular weight is 467 g/mol. The number of ether oxygens (including phenoxy) is 2. The highest BCUT2D eigenvalue weighted by atomic mass is 16.5. The minimum Gasteiger partial charge on any atom is -0.497 e. The second-order valence-electron chi connectivity index (χ2n) is 9.23. The van der Waals surface area contributed by atoms with E-state index in [0.29, 0.717) is 37.6 Å². The van der Waals surface area contributed by atoms with Crippen molar-refractivity contribution >= 4 is 17.6 Å². The van der Waals surface area contributed by atoms with E-state index in [1.165, 1.54) is 17.7 Å². The molecule has 1 aliphatic carbocycles. The third kappa shape index (κ3) is 4.30. The lowest BCUT2D eigenvalue weighted by Crippen LogP contribution is -2.40. The molecular formula is C25H30N4O5. The van der Waals surface area contributed by atoms with Gasteiger partial charge in [0, 0.05) is 42.2 Å². The van der Waals surface area contributed by atoms with Crippen molar-refractivity contribution in [3.63, 3.8) is 0 Å². The summed E-state index contributed by atoms with van der Waals surface area (Å²) >= 11 is 0. The van der Waals surface area contributed by atoms with E-state index in [2.05, 4.69) is 15.6 Å². The van der Waals surface area contributed by atoms with Crippen LogP contribution in [0.2, 0.25) is 0 Å². The molecule has 9 nitrogen and oxygen atoms in total. The molecule has 1 saturated heterocycles. The Morgan fingerprint density at radius 1 is 1.21 bits per heavy atom. The van der Waals surface area contributed by atoms with Gasteiger partial charge in [-0.05, 0) is 56.4 Å². The van der Waals surface area contributed by atoms with Crippen molar-refractivity contribution in [3.8, 4) is 11.5 Å². The number of carbonyl (C=O) groups excluding carboxylic acids is 1. The minimum atomic E-state index is -0.959. The number of fused-ring (bicyclic) bond motifs is 1. The predicted octanol–water partition coefficient (Wildman–Crippen LogP) is 3.10. The lowest BCUT2D eigenvalue weighted by Gasteiger charge is -2.30. The number of hydrogen-bond donors (Lipinski definition) is 4. The number of rotatable bonds is 7. The molecular weight excluding hydrogens is 436 g/mol. The van der Waals surface area contributed by atoms with Gasteiger partial charge in [0.15, 0.2) is 0 Å². The number of methoxy groups -OCH3 is 1. The van der Waals surface area contributed by atoms with Crippen LogP contribution in [0.3, 0.4) is 0 Å². The average Bonchev–Trinajstić information content (AvgIpc) is 3.31. The second kappa shape index (κ2) is 8.96. The van der Waals surface area contributed by atoms with Gasteiger partial charge in [0.05, 0.1) is 31.0 Å². The Hall–Kier alpha value is -3.62. The van der Waals surface area contributed by atoms with Gasteiger partial charge >= 0.3 is 6.09 Å². The minimum absolute atomic E-state index is 0.208. The third-order valence-electron chi connectivity index (χ3n) is 6.80. The number of aromatic nitrogens is 1.